The third kappa shape index (κ3) is 4.84. The molecule has 0 saturated heterocycles. The molecular weight excluding hydrogens is 480 g/mol. The van der Waals surface area contributed by atoms with E-state index >= 15 is 0 Å². The Kier molecular flexibility index (Phi) is 6.76. The van der Waals surface area contributed by atoms with Gasteiger partial charge in [0.1, 0.15) is 11.4 Å². The van der Waals surface area contributed by atoms with Gasteiger partial charge >= 0.3 is 0 Å². The fourth-order valence-corrected chi connectivity index (χ4v) is 4.59. The largest absolute Gasteiger partial charge is 0.293 e. The van der Waals surface area contributed by atoms with E-state index in [9.17, 15) is 0 Å². The zero-order chi connectivity index (χ0) is 26.3. The van der Waals surface area contributed by atoms with Crippen LogP contribution in [0.3, 0.4) is 0 Å². The van der Waals surface area contributed by atoms with Crippen LogP contribution in [-0.2, 0) is 0 Å². The minimum Gasteiger partial charge on any atom is -0.206 e. The van der Waals surface area contributed by atoms with Crippen molar-refractivity contribution in [2.75, 3.05) is 0 Å². The van der Waals surface area contributed by atoms with Gasteiger partial charge in [-0.25, -0.2) is 4.98 Å². The van der Waals surface area contributed by atoms with E-state index in [0.717, 1.165) is 28.2 Å². The second-order valence-corrected chi connectivity index (χ2v) is 8.87. The normalized spacial score (nSPS) is 11.5. The van der Waals surface area contributed by atoms with Crippen molar-refractivity contribution in [3.8, 4) is 22.5 Å². The van der Waals surface area contributed by atoms with Crippen molar-refractivity contribution in [2.45, 2.75) is 0 Å². The van der Waals surface area contributed by atoms with Crippen molar-refractivity contribution >= 4 is 23.0 Å². The Morgan fingerprint density at radius 3 is 1.23 bits per heavy atom. The molecule has 1 heterocycles. The van der Waals surface area contributed by atoms with Gasteiger partial charge in [-0.2, -0.15) is 0 Å². The lowest BCUT2D eigenvalue weighted by Gasteiger charge is -2.29. The topological polar surface area (TPSA) is 63.4 Å². The quantitative estimate of drug-likeness (QED) is 0.124. The minimum absolute atomic E-state index is 0.00693. The number of hydrogen-bond acceptors (Lipinski definition) is 5. The van der Waals surface area contributed by atoms with Crippen molar-refractivity contribution in [1.29, 1.82) is 0 Å². The molecule has 0 spiro atoms. The molecule has 0 aliphatic rings. The fourth-order valence-electron chi connectivity index (χ4n) is 4.59. The van der Waals surface area contributed by atoms with Gasteiger partial charge in [-0.05, 0) is 0 Å². The molecule has 0 fully saturated rings. The van der Waals surface area contributed by atoms with Crippen LogP contribution in [0.1, 0.15) is 0 Å². The third-order valence-electron chi connectivity index (χ3n) is 6.43. The summed E-state index contributed by atoms with van der Waals surface area (Å²) < 4.78 is 0.00693. The Balaban J connectivity index is 1.54. The van der Waals surface area contributed by atoms with Gasteiger partial charge in [0.05, 0.1) is 0 Å². The second kappa shape index (κ2) is 11.0. The summed E-state index contributed by atoms with van der Waals surface area (Å²) in [5, 5.41) is 18.6. The number of quaternary nitrogens is 1. The summed E-state index contributed by atoms with van der Waals surface area (Å²) in [6, 6.07) is 50.2. The fraction of sp³-hybridized carbons (Fsp3) is 0. The molecule has 0 amide bonds. The Labute approximate surface area is 227 Å². The number of nitrogens with zero attached hydrogens (tertiary/aromatic N) is 6. The summed E-state index contributed by atoms with van der Waals surface area (Å²) in [4.78, 5) is 4.86. The Morgan fingerprint density at radius 2 is 0.795 bits per heavy atom. The van der Waals surface area contributed by atoms with Crippen LogP contribution >= 0.6 is 0 Å². The molecule has 6 rings (SSSR count). The maximum atomic E-state index is 4.97. The summed E-state index contributed by atoms with van der Waals surface area (Å²) >= 11 is 0. The number of hydrogen-bond donors (Lipinski definition) is 0. The molecule has 0 saturated carbocycles. The minimum atomic E-state index is 0.00693. The molecule has 0 bridgehead atoms. The van der Waals surface area contributed by atoms with E-state index in [1.54, 1.807) is 0 Å². The number of para-hydroxylation sites is 3. The van der Waals surface area contributed by atoms with E-state index in [4.69, 9.17) is 10.2 Å². The molecule has 6 heteroatoms. The lowest BCUT2D eigenvalue weighted by molar-refractivity contribution is 0.515. The first kappa shape index (κ1) is 24.0. The highest BCUT2D eigenvalue weighted by Gasteiger charge is 2.38. The van der Waals surface area contributed by atoms with Crippen LogP contribution in [0.4, 0.5) is 23.0 Å². The predicted molar refractivity (Wildman–Crippen MR) is 156 cm³/mol. The molecule has 5 aromatic carbocycles. The van der Waals surface area contributed by atoms with E-state index in [1.165, 1.54) is 0 Å². The van der Waals surface area contributed by atoms with Gasteiger partial charge in [-0.15, -0.1) is 10.2 Å². The van der Waals surface area contributed by atoms with Gasteiger partial charge in [0, 0.05) is 52.7 Å². The lowest BCUT2D eigenvalue weighted by atomic mass is 10.0. The van der Waals surface area contributed by atoms with Crippen molar-refractivity contribution in [3.63, 3.8) is 0 Å². The number of aromatic nitrogens is 3. The monoisotopic (exact) mass is 505 g/mol. The molecule has 39 heavy (non-hydrogen) atoms. The molecular formula is C33H25N6+. The zero-order valence-electron chi connectivity index (χ0n) is 21.1. The molecule has 0 atom stereocenters. The van der Waals surface area contributed by atoms with Crippen LogP contribution in [-0.4, -0.2) is 15.2 Å². The Bertz CT molecular complexity index is 1580. The number of rotatable bonds is 7. The molecule has 0 N–H and O–H groups in total. The average Bonchev–Trinajstić information content (AvgIpc) is 3.04. The Hall–Kier alpha value is -5.33. The van der Waals surface area contributed by atoms with E-state index in [-0.39, 0.29) is 10.5 Å². The lowest BCUT2D eigenvalue weighted by Crippen LogP contribution is -2.32. The molecule has 0 aliphatic heterocycles. The first-order valence-corrected chi connectivity index (χ1v) is 12.7. The molecule has 0 radical (unpaired) electrons. The third-order valence-corrected chi connectivity index (χ3v) is 6.43. The molecule has 186 valence electrons. The summed E-state index contributed by atoms with van der Waals surface area (Å²) in [6.07, 6.45) is 0. The highest BCUT2D eigenvalue weighted by molar-refractivity contribution is 5.78. The average molecular weight is 506 g/mol. The van der Waals surface area contributed by atoms with Gasteiger partial charge in [0.25, 0.3) is 5.95 Å². The van der Waals surface area contributed by atoms with E-state index in [0.29, 0.717) is 11.4 Å². The van der Waals surface area contributed by atoms with Gasteiger partial charge in [-0.1, -0.05) is 125 Å². The maximum absolute atomic E-state index is 4.97. The molecule has 6 aromatic rings. The van der Waals surface area contributed by atoms with Crippen molar-refractivity contribution in [3.05, 3.63) is 152 Å². The van der Waals surface area contributed by atoms with Crippen molar-refractivity contribution in [2.24, 2.45) is 10.3 Å². The molecule has 0 unspecified atom stereocenters. The van der Waals surface area contributed by atoms with E-state index < -0.39 is 0 Å². The van der Waals surface area contributed by atoms with Gasteiger partial charge < -0.3 is 0 Å². The Morgan fingerprint density at radius 1 is 0.410 bits per heavy atom. The van der Waals surface area contributed by atoms with Gasteiger partial charge in [-0.3, -0.25) is 0 Å². The first-order valence-electron chi connectivity index (χ1n) is 12.7. The predicted octanol–water partition coefficient (Wildman–Crippen LogP) is 8.88. The highest BCUT2D eigenvalue weighted by Crippen LogP contribution is 2.44. The SMILES string of the molecule is c1ccc(-c2nnc(/N=N/[N+](c3ccccc3)(c3ccccc3)c3ccccc3)nc2-c2ccccc2)cc1. The summed E-state index contributed by atoms with van der Waals surface area (Å²) in [7, 11) is 0. The van der Waals surface area contributed by atoms with Crippen molar-refractivity contribution in [1.82, 2.24) is 19.8 Å². The van der Waals surface area contributed by atoms with Gasteiger partial charge in [0.2, 0.25) is 0 Å². The van der Waals surface area contributed by atoms with E-state index in [1.807, 2.05) is 152 Å². The standard InChI is InChI=1S/C33H25N6/c1-6-16-26(17-7-1)31-32(27-18-8-2-9-19-27)35-36-33(34-31)37-38-39(28-20-10-3-11-21-28,29-22-12-4-13-23-29)30-24-14-5-15-25-30/h1-25H/q+1/b38-37+. The van der Waals surface area contributed by atoms with Crippen LogP contribution < -0.4 is 4.59 Å². The molecule has 1 aromatic heterocycles. The summed E-state index contributed by atoms with van der Waals surface area (Å²) in [5.74, 6) is 0.179. The zero-order valence-corrected chi connectivity index (χ0v) is 21.1. The summed E-state index contributed by atoms with van der Waals surface area (Å²) in [5.41, 5.74) is 6.03. The maximum Gasteiger partial charge on any atom is 0.293 e. The van der Waals surface area contributed by atoms with Crippen LogP contribution in [0, 0.1) is 0 Å². The molecule has 6 nitrogen and oxygen atoms in total. The number of benzene rings is 5. The van der Waals surface area contributed by atoms with Crippen LogP contribution in [0.25, 0.3) is 22.5 Å². The molecule has 0 aliphatic carbocycles. The van der Waals surface area contributed by atoms with Crippen LogP contribution in [0.15, 0.2) is 162 Å². The van der Waals surface area contributed by atoms with Crippen molar-refractivity contribution < 1.29 is 0 Å². The van der Waals surface area contributed by atoms with Crippen LogP contribution in [0.2, 0.25) is 0 Å². The highest BCUT2D eigenvalue weighted by atomic mass is 15.7. The first-order chi connectivity index (χ1) is 19.3. The second-order valence-electron chi connectivity index (χ2n) is 8.87. The summed E-state index contributed by atoms with van der Waals surface area (Å²) in [6.45, 7) is 0. The smallest absolute Gasteiger partial charge is 0.206 e. The van der Waals surface area contributed by atoms with Gasteiger partial charge in [0.15, 0.2) is 17.1 Å². The van der Waals surface area contributed by atoms with Crippen LogP contribution in [0.5, 0.6) is 0 Å². The van der Waals surface area contributed by atoms with E-state index in [2.05, 4.69) is 15.3 Å².